The van der Waals surface area contributed by atoms with Crippen LogP contribution in [-0.2, 0) is 38.1 Å². The first-order chi connectivity index (χ1) is 15.9. The first kappa shape index (κ1) is 27.1. The molecule has 1 unspecified atom stereocenters. The van der Waals surface area contributed by atoms with E-state index in [4.69, 9.17) is 9.47 Å². The van der Waals surface area contributed by atoms with Crippen LogP contribution in [0.4, 0.5) is 4.79 Å². The van der Waals surface area contributed by atoms with Gasteiger partial charge in [0.15, 0.2) is 6.23 Å². The molecule has 0 aromatic heterocycles. The van der Waals surface area contributed by atoms with E-state index >= 15 is 0 Å². The average Bonchev–Trinajstić information content (AvgIpc) is 3.14. The molecule has 2 amide bonds. The maximum Gasteiger partial charge on any atom is 0.413 e. The normalized spacial score (nSPS) is 26.8. The van der Waals surface area contributed by atoms with Crippen molar-refractivity contribution >= 4 is 29.9 Å². The number of aliphatic hydroxyl groups is 1. The second-order valence-electron chi connectivity index (χ2n) is 8.89. The fourth-order valence-electron chi connectivity index (χ4n) is 4.11. The summed E-state index contributed by atoms with van der Waals surface area (Å²) in [5, 5.41) is 11.2. The second-order valence-corrected chi connectivity index (χ2v) is 8.89. The number of rotatable bonds is 6. The summed E-state index contributed by atoms with van der Waals surface area (Å²) in [5.74, 6) is -3.69. The van der Waals surface area contributed by atoms with Gasteiger partial charge < -0.3 is 29.0 Å². The summed E-state index contributed by atoms with van der Waals surface area (Å²) in [5.41, 5.74) is -0.943. The minimum Gasteiger partial charge on any atom is -0.469 e. The number of fused-ring (bicyclic) bond motifs is 1. The van der Waals surface area contributed by atoms with Crippen LogP contribution in [0.15, 0.2) is 12.2 Å². The van der Waals surface area contributed by atoms with Crippen molar-refractivity contribution in [1.29, 1.82) is 0 Å². The molecule has 12 heteroatoms. The summed E-state index contributed by atoms with van der Waals surface area (Å²) in [4.78, 5) is 65.0. The first-order valence-corrected chi connectivity index (χ1v) is 10.9. The summed E-state index contributed by atoms with van der Waals surface area (Å²) < 4.78 is 19.8. The van der Waals surface area contributed by atoms with E-state index < -0.39 is 72.2 Å². The van der Waals surface area contributed by atoms with Crippen molar-refractivity contribution < 1.29 is 48.0 Å². The number of hydrogen-bond donors (Lipinski definition) is 1. The lowest BCUT2D eigenvalue weighted by Crippen LogP contribution is -2.69. The molecule has 12 nitrogen and oxygen atoms in total. The molecular formula is C22H32N2O10. The fourth-order valence-corrected chi connectivity index (χ4v) is 4.11. The van der Waals surface area contributed by atoms with Crippen molar-refractivity contribution in [2.75, 3.05) is 20.8 Å². The zero-order chi connectivity index (χ0) is 25.8. The molecule has 2 aliphatic heterocycles. The van der Waals surface area contributed by atoms with Crippen molar-refractivity contribution in [3.63, 3.8) is 0 Å². The highest BCUT2D eigenvalue weighted by Gasteiger charge is 2.58. The molecule has 190 valence electrons. The Hall–Kier alpha value is -3.15. The number of amides is 2. The maximum atomic E-state index is 13.6. The van der Waals surface area contributed by atoms with Crippen LogP contribution in [0.25, 0.3) is 0 Å². The van der Waals surface area contributed by atoms with Crippen LogP contribution < -0.4 is 0 Å². The summed E-state index contributed by atoms with van der Waals surface area (Å²) >= 11 is 0. The van der Waals surface area contributed by atoms with Gasteiger partial charge in [0.25, 0.3) is 0 Å². The Labute approximate surface area is 197 Å². The highest BCUT2D eigenvalue weighted by atomic mass is 16.6. The highest BCUT2D eigenvalue weighted by Crippen LogP contribution is 2.40. The van der Waals surface area contributed by atoms with Gasteiger partial charge in [0.05, 0.1) is 33.3 Å². The molecular weight excluding hydrogens is 452 g/mol. The summed E-state index contributed by atoms with van der Waals surface area (Å²) in [7, 11) is 2.31. The van der Waals surface area contributed by atoms with Gasteiger partial charge in [-0.2, -0.15) is 0 Å². The minimum absolute atomic E-state index is 0.0354. The number of piperazine rings is 1. The minimum atomic E-state index is -1.60. The number of aliphatic hydroxyl groups excluding tert-OH is 1. The number of ether oxygens (including phenoxy) is 4. The van der Waals surface area contributed by atoms with Crippen molar-refractivity contribution in [1.82, 2.24) is 9.80 Å². The van der Waals surface area contributed by atoms with Crippen molar-refractivity contribution in [3.8, 4) is 0 Å². The van der Waals surface area contributed by atoms with Gasteiger partial charge in [0.2, 0.25) is 5.91 Å². The molecule has 2 saturated heterocycles. The molecule has 2 aliphatic rings. The van der Waals surface area contributed by atoms with E-state index in [9.17, 15) is 29.1 Å². The van der Waals surface area contributed by atoms with Gasteiger partial charge in [-0.05, 0) is 34.1 Å². The molecule has 2 rings (SSSR count). The molecule has 0 radical (unpaired) electrons. The van der Waals surface area contributed by atoms with E-state index in [1.807, 2.05) is 0 Å². The van der Waals surface area contributed by atoms with Gasteiger partial charge in [-0.1, -0.05) is 6.08 Å². The molecule has 0 aromatic rings. The van der Waals surface area contributed by atoms with E-state index in [2.05, 4.69) is 9.47 Å². The Bertz CT molecular complexity index is 849. The largest absolute Gasteiger partial charge is 0.469 e. The number of methoxy groups -OCH3 is 2. The maximum absolute atomic E-state index is 13.6. The zero-order valence-electron chi connectivity index (χ0n) is 20.2. The molecule has 1 N–H and O–H groups in total. The monoisotopic (exact) mass is 484 g/mol. The average molecular weight is 485 g/mol. The van der Waals surface area contributed by atoms with Crippen LogP contribution in [0.3, 0.4) is 0 Å². The third kappa shape index (κ3) is 5.85. The Morgan fingerprint density at radius 3 is 2.32 bits per heavy atom. The number of esters is 3. The molecule has 0 bridgehead atoms. The Morgan fingerprint density at radius 1 is 1.15 bits per heavy atom. The number of hydrogen-bond acceptors (Lipinski definition) is 10. The van der Waals surface area contributed by atoms with Crippen molar-refractivity contribution in [3.05, 3.63) is 12.2 Å². The summed E-state index contributed by atoms with van der Waals surface area (Å²) in [6.07, 6.45) is -0.608. The van der Waals surface area contributed by atoms with Crippen molar-refractivity contribution in [2.24, 2.45) is 5.92 Å². The molecule has 0 aliphatic carbocycles. The van der Waals surface area contributed by atoms with Crippen LogP contribution in [-0.4, -0.2) is 95.6 Å². The number of nitrogens with zero attached hydrogens (tertiary/aromatic N) is 2. The van der Waals surface area contributed by atoms with Gasteiger partial charge in [-0.3, -0.25) is 14.5 Å². The van der Waals surface area contributed by atoms with Gasteiger partial charge in [0.1, 0.15) is 17.7 Å². The zero-order valence-corrected chi connectivity index (χ0v) is 20.2. The smallest absolute Gasteiger partial charge is 0.413 e. The molecule has 2 fully saturated rings. The SMILES string of the molecule is CCOC(=O)[C@@H]1[C@@H](/C=C/C(=O)OC)C[C@H]2[C@@H](O)N(C(=O)OC(C)(C)C)C(CC(=O)OC)C(=O)N12. The van der Waals surface area contributed by atoms with E-state index in [1.54, 1.807) is 27.7 Å². The standard InChI is InChI=1S/C22H32N2O10/c1-7-33-20(29)17-12(8-9-15(25)31-5)10-13-19(28)24(21(30)34-22(2,3)4)14(11-16(26)32-6)18(27)23(13)17/h8-9,12-14,17,19,28H,7,10-11H2,1-6H3/b9-8+/t12-,13-,14?,17-,19+/m0/s1. The van der Waals surface area contributed by atoms with Crippen LogP contribution in [0.1, 0.15) is 40.5 Å². The lowest BCUT2D eigenvalue weighted by Gasteiger charge is -2.46. The molecule has 0 spiro atoms. The van der Waals surface area contributed by atoms with E-state index in [-0.39, 0.29) is 13.0 Å². The van der Waals surface area contributed by atoms with Gasteiger partial charge in [-0.25, -0.2) is 14.4 Å². The van der Waals surface area contributed by atoms with Crippen LogP contribution in [0, 0.1) is 5.92 Å². The third-order valence-corrected chi connectivity index (χ3v) is 5.48. The van der Waals surface area contributed by atoms with E-state index in [0.29, 0.717) is 0 Å². The quantitative estimate of drug-likeness (QED) is 0.318. The van der Waals surface area contributed by atoms with E-state index in [1.165, 1.54) is 13.2 Å². The summed E-state index contributed by atoms with van der Waals surface area (Å²) in [6.45, 7) is 6.48. The highest BCUT2D eigenvalue weighted by molar-refractivity contribution is 5.94. The molecule has 2 heterocycles. The topological polar surface area (TPSA) is 149 Å². The Balaban J connectivity index is 2.52. The molecule has 5 atom stereocenters. The predicted octanol–water partition coefficient (Wildman–Crippen LogP) is 0.365. The third-order valence-electron chi connectivity index (χ3n) is 5.48. The lowest BCUT2D eigenvalue weighted by atomic mass is 9.97. The summed E-state index contributed by atoms with van der Waals surface area (Å²) in [6, 6.07) is -3.68. The van der Waals surface area contributed by atoms with Crippen LogP contribution in [0.2, 0.25) is 0 Å². The van der Waals surface area contributed by atoms with Crippen LogP contribution >= 0.6 is 0 Å². The van der Waals surface area contributed by atoms with Crippen LogP contribution in [0.5, 0.6) is 0 Å². The number of carbonyl (C=O) groups excluding carboxylic acids is 5. The van der Waals surface area contributed by atoms with Gasteiger partial charge in [0, 0.05) is 12.0 Å². The molecule has 0 saturated carbocycles. The molecule has 34 heavy (non-hydrogen) atoms. The Morgan fingerprint density at radius 2 is 1.79 bits per heavy atom. The van der Waals surface area contributed by atoms with Crippen molar-refractivity contribution in [2.45, 2.75) is 70.5 Å². The molecule has 0 aromatic carbocycles. The van der Waals surface area contributed by atoms with Gasteiger partial charge in [-0.15, -0.1) is 0 Å². The Kier molecular flexibility index (Phi) is 8.65. The predicted molar refractivity (Wildman–Crippen MR) is 115 cm³/mol. The van der Waals surface area contributed by atoms with E-state index in [0.717, 1.165) is 23.0 Å². The lowest BCUT2D eigenvalue weighted by molar-refractivity contribution is -0.175. The second kappa shape index (κ2) is 10.9. The van der Waals surface area contributed by atoms with Gasteiger partial charge >= 0.3 is 24.0 Å². The fraction of sp³-hybridized carbons (Fsp3) is 0.682. The number of carbonyl (C=O) groups is 5. The first-order valence-electron chi connectivity index (χ1n) is 10.9.